The summed E-state index contributed by atoms with van der Waals surface area (Å²) in [4.78, 5) is 3.96. The number of nitrogens with zero attached hydrogens (tertiary/aromatic N) is 3. The zero-order chi connectivity index (χ0) is 15.6. The first kappa shape index (κ1) is 15.3. The Hall–Kier alpha value is -2.13. The summed E-state index contributed by atoms with van der Waals surface area (Å²) < 4.78 is 26.4. The number of anilines is 1. The molecule has 1 heterocycles. The second-order valence-corrected chi connectivity index (χ2v) is 7.60. The summed E-state index contributed by atoms with van der Waals surface area (Å²) in [6.45, 7) is 1.73. The van der Waals surface area contributed by atoms with Crippen molar-refractivity contribution >= 4 is 32.9 Å². The van der Waals surface area contributed by atoms with Gasteiger partial charge >= 0.3 is 0 Å². The van der Waals surface area contributed by atoms with Gasteiger partial charge in [0.05, 0.1) is 16.9 Å². The van der Waals surface area contributed by atoms with Crippen molar-refractivity contribution in [1.82, 2.24) is 4.98 Å². The minimum Gasteiger partial charge on any atom is -0.409 e. The second kappa shape index (κ2) is 5.70. The fourth-order valence-corrected chi connectivity index (χ4v) is 4.24. The third-order valence-electron chi connectivity index (χ3n) is 2.84. The lowest BCUT2D eigenvalue weighted by Gasteiger charge is -2.20. The van der Waals surface area contributed by atoms with Gasteiger partial charge in [-0.25, -0.2) is 13.4 Å². The highest BCUT2D eigenvalue weighted by Crippen LogP contribution is 2.28. The Balaban J connectivity index is 2.53. The lowest BCUT2D eigenvalue weighted by atomic mass is 10.1. The summed E-state index contributed by atoms with van der Waals surface area (Å²) in [5.74, 6) is -0.159. The highest BCUT2D eigenvalue weighted by Gasteiger charge is 2.25. The zero-order valence-corrected chi connectivity index (χ0v) is 13.0. The first-order valence-electron chi connectivity index (χ1n) is 5.86. The molecule has 0 atom stereocenters. The average Bonchev–Trinajstić information content (AvgIpc) is 2.93. The molecule has 0 spiro atoms. The van der Waals surface area contributed by atoms with E-state index in [2.05, 4.69) is 10.1 Å². The Morgan fingerprint density at radius 1 is 1.43 bits per heavy atom. The minimum atomic E-state index is -3.74. The van der Waals surface area contributed by atoms with E-state index >= 15 is 0 Å². The summed E-state index contributed by atoms with van der Waals surface area (Å²) >= 11 is 1.09. The van der Waals surface area contributed by atoms with Gasteiger partial charge in [0, 0.05) is 12.6 Å². The smallest absolute Gasteiger partial charge is 0.275 e. The average molecular weight is 326 g/mol. The minimum absolute atomic E-state index is 0.136. The number of aromatic nitrogens is 1. The number of hydrogen-bond acceptors (Lipinski definition) is 6. The van der Waals surface area contributed by atoms with Gasteiger partial charge in [0.1, 0.15) is 0 Å². The number of benzene rings is 1. The van der Waals surface area contributed by atoms with Crippen LogP contribution in [0.5, 0.6) is 0 Å². The number of nitrogens with two attached hydrogens (primary N) is 1. The predicted octanol–water partition coefficient (Wildman–Crippen LogP) is 1.37. The van der Waals surface area contributed by atoms with Crippen LogP contribution in [0.15, 0.2) is 39.8 Å². The molecule has 0 aliphatic carbocycles. The molecule has 0 aliphatic heterocycles. The molecule has 0 aliphatic rings. The van der Waals surface area contributed by atoms with Crippen molar-refractivity contribution in [1.29, 1.82) is 0 Å². The first-order chi connectivity index (χ1) is 9.87. The molecule has 0 fully saturated rings. The van der Waals surface area contributed by atoms with Gasteiger partial charge < -0.3 is 10.9 Å². The Labute approximate surface area is 126 Å². The van der Waals surface area contributed by atoms with Gasteiger partial charge in [0.15, 0.2) is 10.0 Å². The van der Waals surface area contributed by atoms with Crippen molar-refractivity contribution in [2.45, 2.75) is 11.1 Å². The molecule has 1 aromatic carbocycles. The fraction of sp³-hybridized carbons (Fsp3) is 0.167. The molecule has 0 saturated carbocycles. The third kappa shape index (κ3) is 2.83. The number of aryl methyl sites for hydroxylation is 1. The van der Waals surface area contributed by atoms with E-state index in [0.29, 0.717) is 16.3 Å². The van der Waals surface area contributed by atoms with Crippen molar-refractivity contribution in [3.05, 3.63) is 41.0 Å². The number of thiazole rings is 1. The van der Waals surface area contributed by atoms with Crippen LogP contribution in [0.2, 0.25) is 0 Å². The maximum atomic E-state index is 12.6. The summed E-state index contributed by atoms with van der Waals surface area (Å²) in [6.07, 6.45) is 1.32. The molecule has 0 amide bonds. The monoisotopic (exact) mass is 326 g/mol. The summed E-state index contributed by atoms with van der Waals surface area (Å²) in [7, 11) is -2.33. The molecule has 2 aromatic rings. The number of hydrogen-bond donors (Lipinski definition) is 2. The number of amidine groups is 1. The lowest BCUT2D eigenvalue weighted by Crippen LogP contribution is -2.28. The van der Waals surface area contributed by atoms with Crippen LogP contribution < -0.4 is 10.0 Å². The summed E-state index contributed by atoms with van der Waals surface area (Å²) in [6, 6.07) is 6.51. The molecule has 7 nitrogen and oxygen atoms in total. The molecule has 3 N–H and O–H groups in total. The number of rotatable bonds is 4. The molecule has 0 bridgehead atoms. The third-order valence-corrected chi connectivity index (χ3v) is 5.96. The van der Waals surface area contributed by atoms with Crippen molar-refractivity contribution in [3.63, 3.8) is 0 Å². The lowest BCUT2D eigenvalue weighted by molar-refractivity contribution is 0.318. The quantitative estimate of drug-likeness (QED) is 0.382. The van der Waals surface area contributed by atoms with E-state index in [-0.39, 0.29) is 10.0 Å². The van der Waals surface area contributed by atoms with Crippen LogP contribution in [0, 0.1) is 6.92 Å². The molecule has 0 unspecified atom stereocenters. The molecular formula is C12H14N4O3S2. The van der Waals surface area contributed by atoms with Crippen LogP contribution in [-0.4, -0.2) is 31.5 Å². The van der Waals surface area contributed by atoms with Crippen LogP contribution in [-0.2, 0) is 10.0 Å². The zero-order valence-electron chi connectivity index (χ0n) is 11.4. The van der Waals surface area contributed by atoms with E-state index in [1.54, 1.807) is 31.2 Å². The summed E-state index contributed by atoms with van der Waals surface area (Å²) in [5.41, 5.74) is 6.23. The fourth-order valence-electron chi connectivity index (χ4n) is 1.74. The van der Waals surface area contributed by atoms with E-state index in [0.717, 1.165) is 15.6 Å². The van der Waals surface area contributed by atoms with Crippen molar-refractivity contribution in [2.24, 2.45) is 10.9 Å². The van der Waals surface area contributed by atoms with E-state index in [4.69, 9.17) is 10.9 Å². The van der Waals surface area contributed by atoms with Gasteiger partial charge in [0.25, 0.3) is 10.0 Å². The van der Waals surface area contributed by atoms with Crippen LogP contribution >= 0.6 is 11.3 Å². The van der Waals surface area contributed by atoms with Crippen LogP contribution in [0.3, 0.4) is 0 Å². The van der Waals surface area contributed by atoms with Gasteiger partial charge in [-0.05, 0) is 19.1 Å². The molecule has 1 aromatic heterocycles. The molecule has 9 heteroatoms. The highest BCUT2D eigenvalue weighted by molar-refractivity contribution is 7.94. The largest absolute Gasteiger partial charge is 0.409 e. The van der Waals surface area contributed by atoms with Gasteiger partial charge in [-0.3, -0.25) is 4.31 Å². The van der Waals surface area contributed by atoms with Gasteiger partial charge in [-0.15, -0.1) is 11.3 Å². The predicted molar refractivity (Wildman–Crippen MR) is 81.4 cm³/mol. The molecule has 112 valence electrons. The van der Waals surface area contributed by atoms with Gasteiger partial charge in [0.2, 0.25) is 0 Å². The topological polar surface area (TPSA) is 109 Å². The standard InChI is InChI=1S/C12H14N4O3S2/c1-8-14-7-11(20-8)21(18,19)16(2)10-6-4-3-5-9(10)12(13)15-17/h3-7,17H,1-2H3,(H2,13,15). The molecular weight excluding hydrogens is 312 g/mol. The Morgan fingerprint density at radius 3 is 2.67 bits per heavy atom. The van der Waals surface area contributed by atoms with Crippen LogP contribution in [0.25, 0.3) is 0 Å². The van der Waals surface area contributed by atoms with E-state index < -0.39 is 10.0 Å². The second-order valence-electron chi connectivity index (χ2n) is 4.17. The highest BCUT2D eigenvalue weighted by atomic mass is 32.2. The molecule has 0 saturated heterocycles. The van der Waals surface area contributed by atoms with Crippen molar-refractivity contribution in [2.75, 3.05) is 11.4 Å². The van der Waals surface area contributed by atoms with Gasteiger partial charge in [-0.2, -0.15) is 0 Å². The number of sulfonamides is 1. The van der Waals surface area contributed by atoms with Crippen LogP contribution in [0.4, 0.5) is 5.69 Å². The van der Waals surface area contributed by atoms with Crippen molar-refractivity contribution < 1.29 is 13.6 Å². The Bertz CT molecular complexity index is 783. The molecule has 0 radical (unpaired) electrons. The Kier molecular flexibility index (Phi) is 4.14. The molecule has 21 heavy (non-hydrogen) atoms. The SMILES string of the molecule is Cc1ncc(S(=O)(=O)N(C)c2ccccc2/C(N)=N/O)s1. The van der Waals surface area contributed by atoms with E-state index in [9.17, 15) is 8.42 Å². The number of oxime groups is 1. The van der Waals surface area contributed by atoms with E-state index in [1.807, 2.05) is 0 Å². The molecule has 2 rings (SSSR count). The maximum Gasteiger partial charge on any atom is 0.275 e. The van der Waals surface area contributed by atoms with E-state index in [1.165, 1.54) is 13.2 Å². The van der Waals surface area contributed by atoms with Crippen LogP contribution in [0.1, 0.15) is 10.6 Å². The maximum absolute atomic E-state index is 12.6. The summed E-state index contributed by atoms with van der Waals surface area (Å²) in [5, 5.41) is 12.4. The first-order valence-corrected chi connectivity index (χ1v) is 8.12. The number of para-hydroxylation sites is 1. The normalized spacial score (nSPS) is 12.4. The van der Waals surface area contributed by atoms with Crippen molar-refractivity contribution in [3.8, 4) is 0 Å². The van der Waals surface area contributed by atoms with Gasteiger partial charge in [-0.1, -0.05) is 17.3 Å². The Morgan fingerprint density at radius 2 is 2.10 bits per heavy atom.